The summed E-state index contributed by atoms with van der Waals surface area (Å²) in [5, 5.41) is 9.48. The standard InChI is InChI=1S/C13H11ClF3N5O2S/c1-6-11(24)22(18)12(21-20-6)25-5-10(23)19-9-4-7(13(15,16)17)2-3-8(9)14/h2-4H,5,18H2,1H3,(H,19,23). The molecular weight excluding hydrogens is 383 g/mol. The number of carbonyl (C=O) groups is 1. The highest BCUT2D eigenvalue weighted by atomic mass is 35.5. The Balaban J connectivity index is 2.09. The SMILES string of the molecule is Cc1nnc(SCC(=O)Nc2cc(C(F)(F)F)ccc2Cl)n(N)c1=O. The minimum atomic E-state index is -4.56. The second-order valence-electron chi connectivity index (χ2n) is 4.77. The summed E-state index contributed by atoms with van der Waals surface area (Å²) in [7, 11) is 0. The molecule has 1 aromatic carbocycles. The molecule has 12 heteroatoms. The first-order chi connectivity index (χ1) is 11.6. The number of aromatic nitrogens is 3. The van der Waals surface area contributed by atoms with Gasteiger partial charge in [-0.25, -0.2) is 0 Å². The van der Waals surface area contributed by atoms with E-state index in [0.29, 0.717) is 0 Å². The minimum absolute atomic E-state index is 0.0131. The first-order valence-electron chi connectivity index (χ1n) is 6.60. The van der Waals surface area contributed by atoms with Gasteiger partial charge in [-0.3, -0.25) is 9.59 Å². The number of nitrogens with one attached hydrogen (secondary N) is 1. The van der Waals surface area contributed by atoms with Crippen molar-refractivity contribution in [3.8, 4) is 0 Å². The molecule has 3 N–H and O–H groups in total. The molecule has 0 unspecified atom stereocenters. The topological polar surface area (TPSA) is 103 Å². The summed E-state index contributed by atoms with van der Waals surface area (Å²) < 4.78 is 38.8. The lowest BCUT2D eigenvalue weighted by Crippen LogP contribution is -2.32. The van der Waals surface area contributed by atoms with E-state index in [2.05, 4.69) is 15.5 Å². The fourth-order valence-corrected chi connectivity index (χ4v) is 2.50. The molecule has 0 saturated carbocycles. The van der Waals surface area contributed by atoms with Crippen molar-refractivity contribution in [1.29, 1.82) is 0 Å². The average Bonchev–Trinajstić information content (AvgIpc) is 2.53. The van der Waals surface area contributed by atoms with Crippen LogP contribution in [-0.4, -0.2) is 26.5 Å². The Morgan fingerprint density at radius 1 is 1.40 bits per heavy atom. The number of nitrogens with zero attached hydrogens (tertiary/aromatic N) is 3. The summed E-state index contributed by atoms with van der Waals surface area (Å²) in [6.45, 7) is 1.43. The number of aryl methyl sites for hydroxylation is 1. The molecule has 0 spiro atoms. The van der Waals surface area contributed by atoms with Crippen molar-refractivity contribution in [1.82, 2.24) is 14.9 Å². The quantitative estimate of drug-likeness (QED) is 0.609. The number of halogens is 4. The number of nitrogen functional groups attached to an aromatic ring is 1. The number of anilines is 1. The van der Waals surface area contributed by atoms with Crippen LogP contribution in [0.4, 0.5) is 18.9 Å². The predicted octanol–water partition coefficient (Wildman–Crippen LogP) is 2.06. The van der Waals surface area contributed by atoms with Gasteiger partial charge in [0, 0.05) is 0 Å². The highest BCUT2D eigenvalue weighted by molar-refractivity contribution is 7.99. The van der Waals surface area contributed by atoms with E-state index in [0.717, 1.165) is 34.6 Å². The first kappa shape index (κ1) is 19.1. The monoisotopic (exact) mass is 393 g/mol. The fraction of sp³-hybridized carbons (Fsp3) is 0.231. The molecule has 25 heavy (non-hydrogen) atoms. The van der Waals surface area contributed by atoms with E-state index in [1.165, 1.54) is 6.92 Å². The summed E-state index contributed by atoms with van der Waals surface area (Å²) >= 11 is 6.59. The van der Waals surface area contributed by atoms with Gasteiger partial charge in [0.2, 0.25) is 11.1 Å². The number of amides is 1. The number of nitrogens with two attached hydrogens (primary N) is 1. The van der Waals surface area contributed by atoms with Crippen LogP contribution < -0.4 is 16.7 Å². The highest BCUT2D eigenvalue weighted by Crippen LogP contribution is 2.33. The number of hydrogen-bond donors (Lipinski definition) is 2. The van der Waals surface area contributed by atoms with Crippen LogP contribution in [-0.2, 0) is 11.0 Å². The Bertz CT molecular complexity index is 872. The van der Waals surface area contributed by atoms with Crippen molar-refractivity contribution in [3.05, 3.63) is 44.8 Å². The molecule has 0 aliphatic heterocycles. The van der Waals surface area contributed by atoms with Gasteiger partial charge in [0.1, 0.15) is 5.69 Å². The Morgan fingerprint density at radius 2 is 2.08 bits per heavy atom. The van der Waals surface area contributed by atoms with E-state index in [4.69, 9.17) is 17.4 Å². The Hall–Kier alpha value is -2.27. The minimum Gasteiger partial charge on any atom is -0.334 e. The van der Waals surface area contributed by atoms with Crippen LogP contribution in [0.25, 0.3) is 0 Å². The molecule has 1 heterocycles. The van der Waals surface area contributed by atoms with Gasteiger partial charge in [-0.05, 0) is 25.1 Å². The molecule has 1 aromatic heterocycles. The van der Waals surface area contributed by atoms with E-state index >= 15 is 0 Å². The molecule has 1 amide bonds. The summed E-state index contributed by atoms with van der Waals surface area (Å²) in [6.07, 6.45) is -4.56. The van der Waals surface area contributed by atoms with Crippen molar-refractivity contribution in [3.63, 3.8) is 0 Å². The van der Waals surface area contributed by atoms with Gasteiger partial charge in [0.15, 0.2) is 0 Å². The average molecular weight is 394 g/mol. The maximum atomic E-state index is 12.7. The lowest BCUT2D eigenvalue weighted by molar-refractivity contribution is -0.137. The van der Waals surface area contributed by atoms with Gasteiger partial charge < -0.3 is 11.2 Å². The molecule has 0 bridgehead atoms. The normalized spacial score (nSPS) is 11.4. The summed E-state index contributed by atoms with van der Waals surface area (Å²) in [6, 6.07) is 2.58. The fourth-order valence-electron chi connectivity index (χ4n) is 1.68. The lowest BCUT2D eigenvalue weighted by atomic mass is 10.2. The van der Waals surface area contributed by atoms with Gasteiger partial charge >= 0.3 is 6.18 Å². The number of rotatable bonds is 4. The van der Waals surface area contributed by atoms with E-state index < -0.39 is 23.2 Å². The summed E-state index contributed by atoms with van der Waals surface area (Å²) in [5.41, 5.74) is -1.60. The Morgan fingerprint density at radius 3 is 2.72 bits per heavy atom. The molecule has 0 radical (unpaired) electrons. The second-order valence-corrected chi connectivity index (χ2v) is 6.12. The van der Waals surface area contributed by atoms with Crippen LogP contribution in [0.15, 0.2) is 28.2 Å². The zero-order chi connectivity index (χ0) is 18.8. The molecule has 2 rings (SSSR count). The third-order valence-electron chi connectivity index (χ3n) is 2.92. The molecule has 0 fully saturated rings. The largest absolute Gasteiger partial charge is 0.416 e. The summed E-state index contributed by atoms with van der Waals surface area (Å²) in [5.74, 6) is 4.60. The lowest BCUT2D eigenvalue weighted by Gasteiger charge is -2.11. The smallest absolute Gasteiger partial charge is 0.334 e. The highest BCUT2D eigenvalue weighted by Gasteiger charge is 2.31. The van der Waals surface area contributed by atoms with Crippen LogP contribution >= 0.6 is 23.4 Å². The number of thioether (sulfide) groups is 1. The third kappa shape index (κ3) is 4.63. The Kier molecular flexibility index (Phi) is 5.58. The molecule has 0 saturated heterocycles. The van der Waals surface area contributed by atoms with Crippen molar-refractivity contribution >= 4 is 35.0 Å². The summed E-state index contributed by atoms with van der Waals surface area (Å²) in [4.78, 5) is 23.5. The van der Waals surface area contributed by atoms with E-state index in [1.807, 2.05) is 0 Å². The number of carbonyl (C=O) groups excluding carboxylic acids is 1. The second kappa shape index (κ2) is 7.31. The van der Waals surface area contributed by atoms with Gasteiger partial charge in [-0.1, -0.05) is 23.4 Å². The van der Waals surface area contributed by atoms with Crippen LogP contribution in [0, 0.1) is 6.92 Å². The van der Waals surface area contributed by atoms with E-state index in [1.54, 1.807) is 0 Å². The molecule has 0 atom stereocenters. The maximum absolute atomic E-state index is 12.7. The zero-order valence-corrected chi connectivity index (χ0v) is 14.2. The van der Waals surface area contributed by atoms with E-state index in [-0.39, 0.29) is 27.3 Å². The molecule has 0 aliphatic carbocycles. The van der Waals surface area contributed by atoms with Crippen molar-refractivity contribution in [2.75, 3.05) is 16.9 Å². The maximum Gasteiger partial charge on any atom is 0.416 e. The number of alkyl halides is 3. The van der Waals surface area contributed by atoms with Crippen LogP contribution in [0.1, 0.15) is 11.3 Å². The molecule has 0 aliphatic rings. The molecule has 2 aromatic rings. The van der Waals surface area contributed by atoms with Crippen LogP contribution in [0.3, 0.4) is 0 Å². The number of hydrogen-bond acceptors (Lipinski definition) is 6. The van der Waals surface area contributed by atoms with Crippen LogP contribution in [0.5, 0.6) is 0 Å². The van der Waals surface area contributed by atoms with E-state index in [9.17, 15) is 22.8 Å². The zero-order valence-electron chi connectivity index (χ0n) is 12.6. The van der Waals surface area contributed by atoms with Crippen molar-refractivity contribution < 1.29 is 18.0 Å². The molecule has 7 nitrogen and oxygen atoms in total. The Labute approximate surface area is 148 Å². The molecular formula is C13H11ClF3N5O2S. The van der Waals surface area contributed by atoms with Crippen molar-refractivity contribution in [2.45, 2.75) is 18.3 Å². The van der Waals surface area contributed by atoms with Crippen LogP contribution in [0.2, 0.25) is 5.02 Å². The van der Waals surface area contributed by atoms with Gasteiger partial charge in [-0.15, -0.1) is 10.2 Å². The van der Waals surface area contributed by atoms with Gasteiger partial charge in [0.05, 0.1) is 22.0 Å². The third-order valence-corrected chi connectivity index (χ3v) is 4.19. The van der Waals surface area contributed by atoms with Gasteiger partial charge in [-0.2, -0.15) is 17.8 Å². The number of benzene rings is 1. The van der Waals surface area contributed by atoms with Crippen molar-refractivity contribution in [2.24, 2.45) is 0 Å². The molecule has 134 valence electrons. The first-order valence-corrected chi connectivity index (χ1v) is 7.96. The van der Waals surface area contributed by atoms with Gasteiger partial charge in [0.25, 0.3) is 5.56 Å². The predicted molar refractivity (Wildman–Crippen MR) is 87.0 cm³/mol.